The fourth-order valence-electron chi connectivity index (χ4n) is 2.12. The number of benzene rings is 2. The molecule has 0 aliphatic rings. The summed E-state index contributed by atoms with van der Waals surface area (Å²) >= 11 is 11.9. The summed E-state index contributed by atoms with van der Waals surface area (Å²) in [6, 6.07) is 10.8. The molecule has 0 saturated heterocycles. The number of rotatable bonds is 10. The molecule has 7 nitrogen and oxygen atoms in total. The maximum absolute atomic E-state index is 12.1. The van der Waals surface area contributed by atoms with E-state index in [9.17, 15) is 13.2 Å². The van der Waals surface area contributed by atoms with Crippen LogP contribution in [0.2, 0.25) is 10.0 Å². The van der Waals surface area contributed by atoms with Gasteiger partial charge in [0.15, 0.2) is 5.75 Å². The molecule has 2 rings (SSSR count). The maximum Gasteiger partial charge on any atom is 0.307 e. The highest BCUT2D eigenvalue weighted by atomic mass is 35.5. The molecule has 0 heterocycles. The molecular formula is C18H19Cl2NO6S. The van der Waals surface area contributed by atoms with Crippen molar-refractivity contribution < 1.29 is 27.4 Å². The second-order valence-corrected chi connectivity index (χ2v) is 8.02. The standard InChI is InChI=1S/C18H19Cl2NO6S/c1-25-13-5-7-14(8-6-13)28(23,24)21-10-9-17(22)26-11-12-27-18-15(19)3-2-4-16(18)20/h2-8,21H,9-12H2,1H3. The molecule has 0 bridgehead atoms. The minimum absolute atomic E-state index is 0.0222. The van der Waals surface area contributed by atoms with Crippen LogP contribution in [0.4, 0.5) is 0 Å². The number of methoxy groups -OCH3 is 1. The average Bonchev–Trinajstić information content (AvgIpc) is 2.67. The zero-order chi connectivity index (χ0) is 20.6. The van der Waals surface area contributed by atoms with Crippen LogP contribution in [-0.4, -0.2) is 41.3 Å². The first-order valence-corrected chi connectivity index (χ1v) is 10.4. The van der Waals surface area contributed by atoms with E-state index >= 15 is 0 Å². The van der Waals surface area contributed by atoms with Crippen LogP contribution < -0.4 is 14.2 Å². The lowest BCUT2D eigenvalue weighted by Gasteiger charge is -2.10. The monoisotopic (exact) mass is 447 g/mol. The van der Waals surface area contributed by atoms with Crippen molar-refractivity contribution in [2.45, 2.75) is 11.3 Å². The molecule has 0 amide bonds. The second kappa shape index (κ2) is 10.5. The van der Waals surface area contributed by atoms with Gasteiger partial charge in [-0.3, -0.25) is 4.79 Å². The molecule has 10 heteroatoms. The van der Waals surface area contributed by atoms with E-state index in [4.69, 9.17) is 37.4 Å². The fraction of sp³-hybridized carbons (Fsp3) is 0.278. The molecule has 2 aromatic carbocycles. The Kier molecular flexibility index (Phi) is 8.37. The Bertz CT molecular complexity index is 883. The quantitative estimate of drug-likeness (QED) is 0.443. The molecule has 0 fully saturated rings. The Labute approximate surface area is 173 Å². The Morgan fingerprint density at radius 3 is 2.29 bits per heavy atom. The SMILES string of the molecule is COc1ccc(S(=O)(=O)NCCC(=O)OCCOc2c(Cl)cccc2Cl)cc1. The van der Waals surface area contributed by atoms with Crippen molar-refractivity contribution in [2.24, 2.45) is 0 Å². The molecule has 152 valence electrons. The first kappa shape index (κ1) is 22.3. The van der Waals surface area contributed by atoms with E-state index in [-0.39, 0.29) is 31.1 Å². The normalized spacial score (nSPS) is 11.1. The Morgan fingerprint density at radius 2 is 1.68 bits per heavy atom. The fourth-order valence-corrected chi connectivity index (χ4v) is 3.66. The summed E-state index contributed by atoms with van der Waals surface area (Å²) in [6.07, 6.45) is -0.123. The number of hydrogen-bond acceptors (Lipinski definition) is 6. The molecule has 2 aromatic rings. The molecular weight excluding hydrogens is 429 g/mol. The number of sulfonamides is 1. The van der Waals surface area contributed by atoms with Gasteiger partial charge in [0, 0.05) is 6.54 Å². The summed E-state index contributed by atoms with van der Waals surface area (Å²) in [4.78, 5) is 11.8. The minimum atomic E-state index is -3.72. The predicted molar refractivity (Wildman–Crippen MR) is 106 cm³/mol. The number of halogens is 2. The van der Waals surface area contributed by atoms with E-state index in [1.54, 1.807) is 18.2 Å². The Hall–Kier alpha value is -2.00. The van der Waals surface area contributed by atoms with Gasteiger partial charge in [0.25, 0.3) is 0 Å². The number of para-hydroxylation sites is 1. The number of hydrogen-bond donors (Lipinski definition) is 1. The van der Waals surface area contributed by atoms with Gasteiger partial charge in [-0.05, 0) is 36.4 Å². The topological polar surface area (TPSA) is 90.9 Å². The number of nitrogens with one attached hydrogen (secondary N) is 1. The molecule has 0 atom stereocenters. The van der Waals surface area contributed by atoms with Crippen LogP contribution in [0.1, 0.15) is 6.42 Å². The van der Waals surface area contributed by atoms with Gasteiger partial charge >= 0.3 is 5.97 Å². The van der Waals surface area contributed by atoms with Crippen LogP contribution >= 0.6 is 23.2 Å². The van der Waals surface area contributed by atoms with Crippen LogP contribution in [-0.2, 0) is 19.6 Å². The van der Waals surface area contributed by atoms with E-state index in [0.717, 1.165) is 0 Å². The maximum atomic E-state index is 12.1. The summed E-state index contributed by atoms with van der Waals surface area (Å²) in [5.74, 6) is 0.295. The van der Waals surface area contributed by atoms with Gasteiger partial charge in [-0.1, -0.05) is 29.3 Å². The lowest BCUT2D eigenvalue weighted by atomic mass is 10.3. The van der Waals surface area contributed by atoms with E-state index in [1.165, 1.54) is 31.4 Å². The lowest BCUT2D eigenvalue weighted by molar-refractivity contribution is -0.144. The summed E-state index contributed by atoms with van der Waals surface area (Å²) in [7, 11) is -2.23. The summed E-state index contributed by atoms with van der Waals surface area (Å²) in [5.41, 5.74) is 0. The molecule has 0 unspecified atom stereocenters. The van der Waals surface area contributed by atoms with Crippen molar-refractivity contribution in [3.8, 4) is 11.5 Å². The third-order valence-electron chi connectivity index (χ3n) is 3.50. The number of ether oxygens (including phenoxy) is 3. The molecule has 1 N–H and O–H groups in total. The van der Waals surface area contributed by atoms with E-state index in [1.807, 2.05) is 0 Å². The summed E-state index contributed by atoms with van der Waals surface area (Å²) in [5, 5.41) is 0.707. The van der Waals surface area contributed by atoms with Crippen molar-refractivity contribution in [2.75, 3.05) is 26.9 Å². The van der Waals surface area contributed by atoms with Gasteiger partial charge in [-0.25, -0.2) is 13.1 Å². The first-order chi connectivity index (χ1) is 13.3. The predicted octanol–water partition coefficient (Wildman–Crippen LogP) is 3.29. The van der Waals surface area contributed by atoms with Crippen LogP contribution in [0.15, 0.2) is 47.4 Å². The third-order valence-corrected chi connectivity index (χ3v) is 5.57. The van der Waals surface area contributed by atoms with E-state index in [2.05, 4.69) is 4.72 Å². The minimum Gasteiger partial charge on any atom is -0.497 e. The van der Waals surface area contributed by atoms with Gasteiger partial charge in [-0.15, -0.1) is 0 Å². The third kappa shape index (κ3) is 6.56. The van der Waals surface area contributed by atoms with Gasteiger partial charge < -0.3 is 14.2 Å². The van der Waals surface area contributed by atoms with Gasteiger partial charge in [0.1, 0.15) is 19.0 Å². The highest BCUT2D eigenvalue weighted by Gasteiger charge is 2.14. The smallest absolute Gasteiger partial charge is 0.307 e. The molecule has 0 aromatic heterocycles. The van der Waals surface area contributed by atoms with Gasteiger partial charge in [-0.2, -0.15) is 0 Å². The highest BCUT2D eigenvalue weighted by Crippen LogP contribution is 2.32. The number of esters is 1. The van der Waals surface area contributed by atoms with E-state index in [0.29, 0.717) is 21.5 Å². The molecule has 0 radical (unpaired) electrons. The van der Waals surface area contributed by atoms with Crippen LogP contribution in [0.25, 0.3) is 0 Å². The Balaban J connectivity index is 1.70. The lowest BCUT2D eigenvalue weighted by Crippen LogP contribution is -2.27. The summed E-state index contributed by atoms with van der Waals surface area (Å²) < 4.78 is 42.0. The molecule has 0 aliphatic heterocycles. The molecule has 0 aliphatic carbocycles. The van der Waals surface area contributed by atoms with Gasteiger partial charge in [0.05, 0.1) is 28.5 Å². The van der Waals surface area contributed by atoms with Crippen LogP contribution in [0.5, 0.6) is 11.5 Å². The second-order valence-electron chi connectivity index (χ2n) is 5.44. The number of carbonyl (C=O) groups excluding carboxylic acids is 1. The zero-order valence-electron chi connectivity index (χ0n) is 15.0. The van der Waals surface area contributed by atoms with Crippen molar-refractivity contribution in [1.29, 1.82) is 0 Å². The van der Waals surface area contributed by atoms with Crippen molar-refractivity contribution in [3.05, 3.63) is 52.5 Å². The van der Waals surface area contributed by atoms with Crippen LogP contribution in [0.3, 0.4) is 0 Å². The average molecular weight is 448 g/mol. The molecule has 0 spiro atoms. The molecule has 0 saturated carbocycles. The van der Waals surface area contributed by atoms with Crippen LogP contribution in [0, 0.1) is 0 Å². The first-order valence-electron chi connectivity index (χ1n) is 8.19. The van der Waals surface area contributed by atoms with E-state index < -0.39 is 16.0 Å². The van der Waals surface area contributed by atoms with Gasteiger partial charge in [0.2, 0.25) is 10.0 Å². The highest BCUT2D eigenvalue weighted by molar-refractivity contribution is 7.89. The van der Waals surface area contributed by atoms with Crippen molar-refractivity contribution >= 4 is 39.2 Å². The zero-order valence-corrected chi connectivity index (χ0v) is 17.3. The summed E-state index contributed by atoms with van der Waals surface area (Å²) in [6.45, 7) is -0.0528. The number of carbonyl (C=O) groups is 1. The Morgan fingerprint density at radius 1 is 1.04 bits per heavy atom. The molecule has 28 heavy (non-hydrogen) atoms. The van der Waals surface area contributed by atoms with Crippen molar-refractivity contribution in [1.82, 2.24) is 4.72 Å². The van der Waals surface area contributed by atoms with Crippen molar-refractivity contribution in [3.63, 3.8) is 0 Å². The largest absolute Gasteiger partial charge is 0.497 e.